The number of pyridine rings is 1. The number of nitrogens with one attached hydrogen (secondary N) is 2. The second-order valence-electron chi connectivity index (χ2n) is 4.48. The topological polar surface area (TPSA) is 54.0 Å². The van der Waals surface area contributed by atoms with E-state index in [2.05, 4.69) is 15.6 Å². The Kier molecular flexibility index (Phi) is 5.11. The van der Waals surface area contributed by atoms with E-state index in [9.17, 15) is 9.18 Å². The van der Waals surface area contributed by atoms with E-state index in [4.69, 9.17) is 0 Å². The van der Waals surface area contributed by atoms with Crippen LogP contribution in [0.5, 0.6) is 0 Å². The first-order valence-electron chi connectivity index (χ1n) is 6.48. The summed E-state index contributed by atoms with van der Waals surface area (Å²) in [6.07, 6.45) is 1.54. The van der Waals surface area contributed by atoms with Crippen LogP contribution in [0, 0.1) is 16.3 Å². The van der Waals surface area contributed by atoms with Crippen LogP contribution in [0.3, 0.4) is 0 Å². The van der Waals surface area contributed by atoms with Crippen LogP contribution in [-0.4, -0.2) is 17.4 Å². The van der Waals surface area contributed by atoms with Gasteiger partial charge in [-0.15, -0.1) is 0 Å². The van der Waals surface area contributed by atoms with Gasteiger partial charge in [0, 0.05) is 22.0 Å². The van der Waals surface area contributed by atoms with Gasteiger partial charge in [-0.2, -0.15) is 0 Å². The van der Waals surface area contributed by atoms with Crippen molar-refractivity contribution >= 4 is 39.9 Å². The molecule has 6 heteroatoms. The van der Waals surface area contributed by atoms with E-state index in [-0.39, 0.29) is 11.7 Å². The highest BCUT2D eigenvalue weighted by molar-refractivity contribution is 14.1. The fourth-order valence-electron chi connectivity index (χ4n) is 1.86. The summed E-state index contributed by atoms with van der Waals surface area (Å²) < 4.78 is 13.7. The van der Waals surface area contributed by atoms with Crippen molar-refractivity contribution in [1.29, 1.82) is 0 Å². The molecule has 2 aromatic rings. The van der Waals surface area contributed by atoms with Crippen LogP contribution in [0.1, 0.15) is 23.0 Å². The molecule has 21 heavy (non-hydrogen) atoms. The van der Waals surface area contributed by atoms with E-state index in [0.29, 0.717) is 21.4 Å². The van der Waals surface area contributed by atoms with Gasteiger partial charge in [-0.1, -0.05) is 0 Å². The summed E-state index contributed by atoms with van der Waals surface area (Å²) in [5, 5.41) is 5.92. The van der Waals surface area contributed by atoms with Crippen molar-refractivity contribution in [2.75, 3.05) is 17.2 Å². The maximum Gasteiger partial charge on any atom is 0.259 e. The van der Waals surface area contributed by atoms with Crippen LogP contribution in [0.2, 0.25) is 0 Å². The summed E-state index contributed by atoms with van der Waals surface area (Å²) in [4.78, 5) is 16.5. The van der Waals surface area contributed by atoms with Crippen LogP contribution in [0.25, 0.3) is 0 Å². The molecule has 110 valence electrons. The lowest BCUT2D eigenvalue weighted by molar-refractivity contribution is 0.102. The molecule has 2 rings (SSSR count). The van der Waals surface area contributed by atoms with Crippen molar-refractivity contribution in [1.82, 2.24) is 4.98 Å². The van der Waals surface area contributed by atoms with E-state index >= 15 is 0 Å². The highest BCUT2D eigenvalue weighted by Crippen LogP contribution is 2.22. The number of rotatable bonds is 4. The van der Waals surface area contributed by atoms with Crippen LogP contribution in [0.4, 0.5) is 15.8 Å². The minimum Gasteiger partial charge on any atom is -0.385 e. The molecule has 4 nitrogen and oxygen atoms in total. The number of hydrogen-bond acceptors (Lipinski definition) is 3. The lowest BCUT2D eigenvalue weighted by atomic mass is 10.2. The number of aromatic nitrogens is 1. The van der Waals surface area contributed by atoms with Crippen LogP contribution >= 0.6 is 22.6 Å². The number of benzene rings is 1. The predicted molar refractivity (Wildman–Crippen MR) is 90.2 cm³/mol. The van der Waals surface area contributed by atoms with Gasteiger partial charge in [0.1, 0.15) is 5.82 Å². The van der Waals surface area contributed by atoms with Crippen molar-refractivity contribution in [3.8, 4) is 0 Å². The van der Waals surface area contributed by atoms with Gasteiger partial charge in [0.25, 0.3) is 5.91 Å². The number of carbonyl (C=O) groups excluding carboxylic acids is 1. The van der Waals surface area contributed by atoms with Gasteiger partial charge in [0.2, 0.25) is 0 Å². The van der Waals surface area contributed by atoms with Crippen LogP contribution in [0.15, 0.2) is 30.5 Å². The Labute approximate surface area is 136 Å². The molecule has 0 atom stereocenters. The van der Waals surface area contributed by atoms with Gasteiger partial charge in [-0.25, -0.2) is 4.39 Å². The van der Waals surface area contributed by atoms with E-state index < -0.39 is 0 Å². The molecule has 0 bridgehead atoms. The van der Waals surface area contributed by atoms with Gasteiger partial charge < -0.3 is 10.6 Å². The third-order valence-corrected chi connectivity index (χ3v) is 3.72. The second-order valence-corrected chi connectivity index (χ2v) is 5.64. The van der Waals surface area contributed by atoms with E-state index in [1.165, 1.54) is 12.1 Å². The summed E-state index contributed by atoms with van der Waals surface area (Å²) in [5.74, 6) is -0.606. The number of anilines is 2. The maximum absolute atomic E-state index is 13.1. The molecule has 0 aliphatic rings. The molecular weight excluding hydrogens is 384 g/mol. The lowest BCUT2D eigenvalue weighted by Gasteiger charge is -2.12. The molecule has 1 aromatic carbocycles. The van der Waals surface area contributed by atoms with Crippen LogP contribution in [-0.2, 0) is 0 Å². The lowest BCUT2D eigenvalue weighted by Crippen LogP contribution is -2.16. The molecule has 0 radical (unpaired) electrons. The average molecular weight is 399 g/mol. The number of halogens is 2. The molecular formula is C15H15FIN3O. The monoisotopic (exact) mass is 399 g/mol. The Bertz CT molecular complexity index is 676. The molecule has 0 spiro atoms. The Balaban J connectivity index is 2.28. The summed E-state index contributed by atoms with van der Waals surface area (Å²) in [7, 11) is 0. The summed E-state index contributed by atoms with van der Waals surface area (Å²) in [5.41, 5.74) is 2.60. The standard InChI is InChI=1S/C15H15FIN3O/c1-3-18-14-6-9(2)19-8-11(14)15(21)20-13-5-4-10(16)7-12(13)17/h4-8H,3H2,1-2H3,(H,18,19)(H,20,21). The third kappa shape index (κ3) is 3.90. The fourth-order valence-corrected chi connectivity index (χ4v) is 2.47. The SMILES string of the molecule is CCNc1cc(C)ncc1C(=O)Nc1ccc(F)cc1I. The average Bonchev–Trinajstić information content (AvgIpc) is 2.42. The van der Waals surface area contributed by atoms with Gasteiger partial charge in [-0.05, 0) is 60.7 Å². The van der Waals surface area contributed by atoms with Gasteiger partial charge in [-0.3, -0.25) is 9.78 Å². The number of nitrogens with zero attached hydrogens (tertiary/aromatic N) is 1. The molecule has 0 aliphatic heterocycles. The smallest absolute Gasteiger partial charge is 0.259 e. The largest absolute Gasteiger partial charge is 0.385 e. The van der Waals surface area contributed by atoms with E-state index in [1.807, 2.05) is 42.5 Å². The Morgan fingerprint density at radius 3 is 2.76 bits per heavy atom. The minimum atomic E-state index is -0.331. The summed E-state index contributed by atoms with van der Waals surface area (Å²) in [6, 6.07) is 6.06. The van der Waals surface area contributed by atoms with Gasteiger partial charge in [0.05, 0.1) is 16.9 Å². The second kappa shape index (κ2) is 6.84. The summed E-state index contributed by atoms with van der Waals surface area (Å²) >= 11 is 1.98. The minimum absolute atomic E-state index is 0.275. The first kappa shape index (κ1) is 15.7. The van der Waals surface area contributed by atoms with Gasteiger partial charge >= 0.3 is 0 Å². The summed E-state index contributed by atoms with van der Waals surface area (Å²) in [6.45, 7) is 4.53. The van der Waals surface area contributed by atoms with E-state index in [0.717, 1.165) is 11.4 Å². The molecule has 0 fully saturated rings. The Morgan fingerprint density at radius 1 is 1.33 bits per heavy atom. The normalized spacial score (nSPS) is 10.3. The molecule has 1 aromatic heterocycles. The Hall–Kier alpha value is -1.70. The van der Waals surface area contributed by atoms with Gasteiger partial charge in [0.15, 0.2) is 0 Å². The quantitative estimate of drug-likeness (QED) is 0.769. The number of hydrogen-bond donors (Lipinski definition) is 2. The highest BCUT2D eigenvalue weighted by atomic mass is 127. The molecule has 1 heterocycles. The molecule has 0 saturated heterocycles. The maximum atomic E-state index is 13.1. The zero-order valence-corrected chi connectivity index (χ0v) is 13.9. The fraction of sp³-hybridized carbons (Fsp3) is 0.200. The van der Waals surface area contributed by atoms with Crippen molar-refractivity contribution in [3.63, 3.8) is 0 Å². The van der Waals surface area contributed by atoms with Crippen molar-refractivity contribution in [2.45, 2.75) is 13.8 Å². The molecule has 2 N–H and O–H groups in total. The number of carbonyl (C=O) groups is 1. The zero-order chi connectivity index (χ0) is 15.4. The van der Waals surface area contributed by atoms with Crippen molar-refractivity contribution in [2.24, 2.45) is 0 Å². The van der Waals surface area contributed by atoms with Crippen molar-refractivity contribution in [3.05, 3.63) is 51.1 Å². The predicted octanol–water partition coefficient (Wildman–Crippen LogP) is 3.82. The molecule has 0 unspecified atom stereocenters. The van der Waals surface area contributed by atoms with Crippen LogP contribution < -0.4 is 10.6 Å². The zero-order valence-electron chi connectivity index (χ0n) is 11.7. The number of aryl methyl sites for hydroxylation is 1. The Morgan fingerprint density at radius 2 is 2.10 bits per heavy atom. The van der Waals surface area contributed by atoms with Crippen molar-refractivity contribution < 1.29 is 9.18 Å². The van der Waals surface area contributed by atoms with E-state index in [1.54, 1.807) is 12.3 Å². The highest BCUT2D eigenvalue weighted by Gasteiger charge is 2.14. The molecule has 0 aliphatic carbocycles. The first-order valence-corrected chi connectivity index (χ1v) is 7.56. The first-order chi connectivity index (χ1) is 10.0. The molecule has 0 saturated carbocycles. The third-order valence-electron chi connectivity index (χ3n) is 2.83. The molecule has 1 amide bonds. The number of amides is 1.